The van der Waals surface area contributed by atoms with Crippen LogP contribution in [0.4, 0.5) is 0 Å². The molecule has 0 spiro atoms. The van der Waals surface area contributed by atoms with Crippen molar-refractivity contribution in [3.05, 3.63) is 35.9 Å². The Hall–Kier alpha value is -2.15. The van der Waals surface area contributed by atoms with Crippen molar-refractivity contribution in [3.63, 3.8) is 0 Å². The molecule has 1 atom stereocenters. The van der Waals surface area contributed by atoms with Gasteiger partial charge in [0.2, 0.25) is 0 Å². The van der Waals surface area contributed by atoms with E-state index < -0.39 is 0 Å². The number of ether oxygens (including phenoxy) is 1. The summed E-state index contributed by atoms with van der Waals surface area (Å²) in [6.45, 7) is 1.55. The number of amides is 1. The summed E-state index contributed by atoms with van der Waals surface area (Å²) in [5, 5.41) is 10.6. The molecule has 18 heavy (non-hydrogen) atoms. The lowest BCUT2D eigenvalue weighted by atomic mass is 10.3. The summed E-state index contributed by atoms with van der Waals surface area (Å²) in [6.07, 6.45) is 3.33. The highest BCUT2D eigenvalue weighted by atomic mass is 16.5. The third kappa shape index (κ3) is 2.12. The zero-order valence-electron chi connectivity index (χ0n) is 9.67. The highest BCUT2D eigenvalue weighted by Crippen LogP contribution is 2.10. The summed E-state index contributed by atoms with van der Waals surface area (Å²) in [4.78, 5) is 14.6. The molecule has 0 fully saturated rings. The smallest absolute Gasteiger partial charge is 0.267 e. The van der Waals surface area contributed by atoms with Crippen molar-refractivity contribution in [1.82, 2.24) is 25.3 Å². The van der Waals surface area contributed by atoms with E-state index in [1.54, 1.807) is 29.2 Å². The van der Waals surface area contributed by atoms with Crippen LogP contribution in [-0.4, -0.2) is 38.5 Å². The first kappa shape index (κ1) is 11.0. The van der Waals surface area contributed by atoms with Crippen molar-refractivity contribution < 1.29 is 9.53 Å². The molecule has 0 saturated heterocycles. The van der Waals surface area contributed by atoms with Gasteiger partial charge in [-0.2, -0.15) is 0 Å². The van der Waals surface area contributed by atoms with Crippen molar-refractivity contribution in [2.45, 2.75) is 19.3 Å². The molecule has 2 aromatic rings. The Kier molecular flexibility index (Phi) is 2.81. The van der Waals surface area contributed by atoms with Crippen LogP contribution in [-0.2, 0) is 17.9 Å². The molecule has 1 aliphatic rings. The number of carbonyl (C=O) groups is 1. The minimum Gasteiger partial charge on any atom is -0.368 e. The largest absolute Gasteiger partial charge is 0.368 e. The van der Waals surface area contributed by atoms with Crippen molar-refractivity contribution in [3.8, 4) is 0 Å². The maximum absolute atomic E-state index is 11.7. The van der Waals surface area contributed by atoms with Gasteiger partial charge in [0.15, 0.2) is 0 Å². The normalized spacial score (nSPS) is 18.3. The molecule has 2 aromatic heterocycles. The van der Waals surface area contributed by atoms with Crippen molar-refractivity contribution in [1.29, 1.82) is 0 Å². The molecule has 94 valence electrons. The quantitative estimate of drug-likeness (QED) is 0.795. The van der Waals surface area contributed by atoms with Gasteiger partial charge in [-0.3, -0.25) is 4.79 Å². The Morgan fingerprint density at radius 2 is 2.61 bits per heavy atom. The first-order valence-electron chi connectivity index (χ1n) is 5.73. The molecular formula is C11H13N5O2. The van der Waals surface area contributed by atoms with Crippen LogP contribution in [0.1, 0.15) is 16.2 Å². The van der Waals surface area contributed by atoms with E-state index in [0.29, 0.717) is 25.4 Å². The maximum Gasteiger partial charge on any atom is 0.267 e. The Labute approximate surface area is 103 Å². The summed E-state index contributed by atoms with van der Waals surface area (Å²) in [6, 6.07) is 3.51. The first-order chi connectivity index (χ1) is 8.83. The summed E-state index contributed by atoms with van der Waals surface area (Å²) < 4.78 is 7.41. The van der Waals surface area contributed by atoms with Crippen molar-refractivity contribution in [2.75, 3.05) is 6.54 Å². The molecule has 3 rings (SSSR count). The molecule has 1 amide bonds. The molecule has 7 nitrogen and oxygen atoms in total. The number of rotatable bonds is 3. The second-order valence-corrected chi connectivity index (χ2v) is 4.13. The Morgan fingerprint density at radius 1 is 1.67 bits per heavy atom. The summed E-state index contributed by atoms with van der Waals surface area (Å²) in [5.41, 5.74) is 1.51. The zero-order chi connectivity index (χ0) is 12.4. The monoisotopic (exact) mass is 247 g/mol. The zero-order valence-corrected chi connectivity index (χ0v) is 9.67. The molecular weight excluding hydrogens is 234 g/mol. The Morgan fingerprint density at radius 3 is 3.44 bits per heavy atom. The standard InChI is InChI=1S/C11H13N5O2/c17-11(10-2-1-3-12-10)13-5-9-6-16-8(7-18-9)4-14-15-16/h1-4,9,12H,5-7H2,(H,13,17)/t9-/m1/s1. The first-order valence-corrected chi connectivity index (χ1v) is 5.73. The van der Waals surface area contributed by atoms with Gasteiger partial charge in [-0.15, -0.1) is 5.10 Å². The molecule has 3 heterocycles. The molecule has 1 aliphatic heterocycles. The molecule has 0 aliphatic carbocycles. The topological polar surface area (TPSA) is 84.8 Å². The highest BCUT2D eigenvalue weighted by Gasteiger charge is 2.20. The fourth-order valence-electron chi connectivity index (χ4n) is 1.89. The van der Waals surface area contributed by atoms with Gasteiger partial charge in [-0.05, 0) is 12.1 Å². The van der Waals surface area contributed by atoms with Gasteiger partial charge in [0.05, 0.1) is 31.1 Å². The van der Waals surface area contributed by atoms with Crippen LogP contribution in [0.15, 0.2) is 24.5 Å². The van der Waals surface area contributed by atoms with Gasteiger partial charge in [0.25, 0.3) is 5.91 Å². The predicted molar refractivity (Wildman–Crippen MR) is 61.7 cm³/mol. The molecule has 0 bridgehead atoms. The number of carbonyl (C=O) groups excluding carboxylic acids is 1. The SMILES string of the molecule is O=C(NC[C@@H]1Cn2nncc2CO1)c1ccc[nH]1. The number of aromatic nitrogens is 4. The van der Waals surface area contributed by atoms with Gasteiger partial charge in [-0.25, -0.2) is 4.68 Å². The molecule has 7 heteroatoms. The van der Waals surface area contributed by atoms with Crippen LogP contribution in [0.25, 0.3) is 0 Å². The van der Waals surface area contributed by atoms with E-state index in [0.717, 1.165) is 5.69 Å². The lowest BCUT2D eigenvalue weighted by Crippen LogP contribution is -2.39. The minimum atomic E-state index is -0.131. The summed E-state index contributed by atoms with van der Waals surface area (Å²) in [7, 11) is 0. The van der Waals surface area contributed by atoms with Crippen LogP contribution >= 0.6 is 0 Å². The van der Waals surface area contributed by atoms with Crippen molar-refractivity contribution in [2.24, 2.45) is 0 Å². The van der Waals surface area contributed by atoms with Gasteiger partial charge in [0.1, 0.15) is 5.69 Å². The summed E-state index contributed by atoms with van der Waals surface area (Å²) in [5.74, 6) is -0.131. The number of nitrogens with one attached hydrogen (secondary N) is 2. The van der Waals surface area contributed by atoms with Crippen LogP contribution in [0.2, 0.25) is 0 Å². The highest BCUT2D eigenvalue weighted by molar-refractivity contribution is 5.92. The Balaban J connectivity index is 1.54. The van der Waals surface area contributed by atoms with Gasteiger partial charge < -0.3 is 15.0 Å². The van der Waals surface area contributed by atoms with E-state index in [4.69, 9.17) is 4.74 Å². The third-order valence-electron chi connectivity index (χ3n) is 2.87. The molecule has 0 unspecified atom stereocenters. The van der Waals surface area contributed by atoms with E-state index >= 15 is 0 Å². The molecule has 0 radical (unpaired) electrons. The number of H-pyrrole nitrogens is 1. The number of nitrogens with zero attached hydrogens (tertiary/aromatic N) is 3. The second-order valence-electron chi connectivity index (χ2n) is 4.13. The van der Waals surface area contributed by atoms with Gasteiger partial charge in [0, 0.05) is 12.7 Å². The van der Waals surface area contributed by atoms with Crippen LogP contribution in [0, 0.1) is 0 Å². The van der Waals surface area contributed by atoms with E-state index in [1.807, 2.05) is 0 Å². The fraction of sp³-hybridized carbons (Fsp3) is 0.364. The maximum atomic E-state index is 11.7. The Bertz CT molecular complexity index is 533. The fourth-order valence-corrected chi connectivity index (χ4v) is 1.89. The van der Waals surface area contributed by atoms with Crippen LogP contribution in [0.3, 0.4) is 0 Å². The van der Waals surface area contributed by atoms with Gasteiger partial charge in [-0.1, -0.05) is 5.21 Å². The average Bonchev–Trinajstić information content (AvgIpc) is 3.05. The third-order valence-corrected chi connectivity index (χ3v) is 2.87. The molecule has 0 aromatic carbocycles. The molecule has 2 N–H and O–H groups in total. The second kappa shape index (κ2) is 4.61. The van der Waals surface area contributed by atoms with Crippen molar-refractivity contribution >= 4 is 5.91 Å². The number of fused-ring (bicyclic) bond motifs is 1. The molecule has 0 saturated carbocycles. The van der Waals surface area contributed by atoms with E-state index in [-0.39, 0.29) is 12.0 Å². The van der Waals surface area contributed by atoms with Crippen LogP contribution in [0.5, 0.6) is 0 Å². The van der Waals surface area contributed by atoms with E-state index in [1.165, 1.54) is 0 Å². The minimum absolute atomic E-state index is 0.0712. The van der Waals surface area contributed by atoms with Gasteiger partial charge >= 0.3 is 0 Å². The number of hydrogen-bond donors (Lipinski definition) is 2. The average molecular weight is 247 g/mol. The number of hydrogen-bond acceptors (Lipinski definition) is 4. The van der Waals surface area contributed by atoms with Crippen LogP contribution < -0.4 is 5.32 Å². The number of aromatic amines is 1. The lowest BCUT2D eigenvalue weighted by molar-refractivity contribution is 0.00148. The van der Waals surface area contributed by atoms with E-state index in [2.05, 4.69) is 20.6 Å². The van der Waals surface area contributed by atoms with E-state index in [9.17, 15) is 4.79 Å². The predicted octanol–water partition coefficient (Wildman–Crippen LogP) is -0.0650. The lowest BCUT2D eigenvalue weighted by Gasteiger charge is -2.23. The summed E-state index contributed by atoms with van der Waals surface area (Å²) >= 11 is 0.